The van der Waals surface area contributed by atoms with Crippen molar-refractivity contribution in [2.45, 2.75) is 6.10 Å². The summed E-state index contributed by atoms with van der Waals surface area (Å²) in [4.78, 5) is 23.3. The maximum absolute atomic E-state index is 11.7. The number of amides is 3. The lowest BCUT2D eigenvalue weighted by molar-refractivity contribution is -0.130. The Hall–Kier alpha value is -2.86. The fourth-order valence-electron chi connectivity index (χ4n) is 1.66. The van der Waals surface area contributed by atoms with Crippen molar-refractivity contribution in [2.24, 2.45) is 0 Å². The van der Waals surface area contributed by atoms with Gasteiger partial charge in [0, 0.05) is 5.69 Å². The van der Waals surface area contributed by atoms with E-state index in [4.69, 9.17) is 0 Å². The van der Waals surface area contributed by atoms with Crippen molar-refractivity contribution in [3.8, 4) is 0 Å². The van der Waals surface area contributed by atoms with Crippen molar-refractivity contribution >= 4 is 17.6 Å². The smallest absolute Gasteiger partial charge is 0.337 e. The molecule has 0 aliphatic rings. The first-order chi connectivity index (χ1) is 10.2. The van der Waals surface area contributed by atoms with Gasteiger partial charge in [0.1, 0.15) is 0 Å². The number of hydrogen-bond donors (Lipinski definition) is 4. The van der Waals surface area contributed by atoms with E-state index >= 15 is 0 Å². The third-order valence-electron chi connectivity index (χ3n) is 2.69. The molecule has 0 aromatic heterocycles. The summed E-state index contributed by atoms with van der Waals surface area (Å²) >= 11 is 0. The van der Waals surface area contributed by atoms with Crippen LogP contribution in [0.3, 0.4) is 0 Å². The normalized spacial score (nSPS) is 11.3. The Morgan fingerprint density at radius 3 is 2.05 bits per heavy atom. The number of rotatable bonds is 3. The van der Waals surface area contributed by atoms with E-state index in [0.29, 0.717) is 11.3 Å². The van der Waals surface area contributed by atoms with Gasteiger partial charge in [0.05, 0.1) is 0 Å². The summed E-state index contributed by atoms with van der Waals surface area (Å²) in [5.41, 5.74) is 5.36. The highest BCUT2D eigenvalue weighted by molar-refractivity contribution is 5.91. The van der Waals surface area contributed by atoms with E-state index in [1.807, 2.05) is 6.07 Å². The largest absolute Gasteiger partial charge is 0.378 e. The highest BCUT2D eigenvalue weighted by atomic mass is 16.3. The van der Waals surface area contributed by atoms with Crippen LogP contribution in [-0.2, 0) is 4.79 Å². The highest BCUT2D eigenvalue weighted by Crippen LogP contribution is 2.11. The van der Waals surface area contributed by atoms with Gasteiger partial charge < -0.3 is 10.4 Å². The minimum absolute atomic E-state index is 0.445. The van der Waals surface area contributed by atoms with Crippen LogP contribution < -0.4 is 16.2 Å². The first-order valence-electron chi connectivity index (χ1n) is 6.32. The average Bonchev–Trinajstić information content (AvgIpc) is 2.53. The molecule has 0 fully saturated rings. The van der Waals surface area contributed by atoms with Gasteiger partial charge >= 0.3 is 6.03 Å². The number of carbonyl (C=O) groups is 2. The lowest BCUT2D eigenvalue weighted by Gasteiger charge is -2.13. The maximum atomic E-state index is 11.7. The van der Waals surface area contributed by atoms with Crippen LogP contribution in [0.5, 0.6) is 0 Å². The van der Waals surface area contributed by atoms with Gasteiger partial charge in [-0.1, -0.05) is 48.5 Å². The van der Waals surface area contributed by atoms with Gasteiger partial charge in [-0.3, -0.25) is 10.2 Å². The number of anilines is 1. The summed E-state index contributed by atoms with van der Waals surface area (Å²) < 4.78 is 0. The zero-order valence-corrected chi connectivity index (χ0v) is 11.1. The Bertz CT molecular complexity index is 602. The number of carbonyl (C=O) groups excluding carboxylic acids is 2. The molecule has 0 spiro atoms. The van der Waals surface area contributed by atoms with Crippen LogP contribution in [0.25, 0.3) is 0 Å². The molecule has 108 valence electrons. The van der Waals surface area contributed by atoms with Gasteiger partial charge in [-0.15, -0.1) is 0 Å². The molecule has 2 aromatic carbocycles. The average molecular weight is 285 g/mol. The van der Waals surface area contributed by atoms with Crippen molar-refractivity contribution in [1.82, 2.24) is 10.9 Å². The summed E-state index contributed by atoms with van der Waals surface area (Å²) in [6.45, 7) is 0. The van der Waals surface area contributed by atoms with Crippen molar-refractivity contribution in [3.63, 3.8) is 0 Å². The fourth-order valence-corrected chi connectivity index (χ4v) is 1.66. The van der Waals surface area contributed by atoms with Gasteiger partial charge in [-0.25, -0.2) is 10.2 Å². The second-order valence-electron chi connectivity index (χ2n) is 4.25. The second kappa shape index (κ2) is 7.06. The topological polar surface area (TPSA) is 90.5 Å². The van der Waals surface area contributed by atoms with Crippen LogP contribution in [-0.4, -0.2) is 17.0 Å². The van der Waals surface area contributed by atoms with Crippen LogP contribution in [0.15, 0.2) is 60.7 Å². The van der Waals surface area contributed by atoms with Crippen molar-refractivity contribution in [1.29, 1.82) is 0 Å². The summed E-state index contributed by atoms with van der Waals surface area (Å²) in [6.07, 6.45) is -1.34. The van der Waals surface area contributed by atoms with Crippen LogP contribution in [0.1, 0.15) is 11.7 Å². The molecule has 21 heavy (non-hydrogen) atoms. The molecular weight excluding hydrogens is 270 g/mol. The van der Waals surface area contributed by atoms with E-state index < -0.39 is 18.0 Å². The quantitative estimate of drug-likeness (QED) is 0.645. The molecule has 6 nitrogen and oxygen atoms in total. The number of hydrogen-bond acceptors (Lipinski definition) is 3. The predicted molar refractivity (Wildman–Crippen MR) is 78.1 cm³/mol. The van der Waals surface area contributed by atoms with Crippen molar-refractivity contribution < 1.29 is 14.7 Å². The number of urea groups is 1. The van der Waals surface area contributed by atoms with Gasteiger partial charge in [-0.2, -0.15) is 0 Å². The van der Waals surface area contributed by atoms with Crippen LogP contribution in [0.2, 0.25) is 0 Å². The maximum Gasteiger partial charge on any atom is 0.337 e. The second-order valence-corrected chi connectivity index (χ2v) is 4.25. The van der Waals surface area contributed by atoms with E-state index in [-0.39, 0.29) is 0 Å². The number of aliphatic hydroxyl groups excluding tert-OH is 1. The van der Waals surface area contributed by atoms with Crippen molar-refractivity contribution in [3.05, 3.63) is 66.2 Å². The molecule has 0 aliphatic carbocycles. The number of aliphatic hydroxyl groups is 1. The molecule has 0 radical (unpaired) electrons. The Labute approximate surface area is 121 Å². The Kier molecular flexibility index (Phi) is 4.89. The zero-order chi connectivity index (χ0) is 15.1. The molecule has 4 N–H and O–H groups in total. The molecule has 0 aliphatic heterocycles. The standard InChI is InChI=1S/C15H15N3O3/c19-13(11-7-3-1-4-8-11)14(20)17-18-15(21)16-12-9-5-2-6-10-12/h1-10,13,19H,(H,17,20)(H2,16,18,21). The molecular formula is C15H15N3O3. The molecule has 0 saturated carbocycles. The Morgan fingerprint density at radius 2 is 1.43 bits per heavy atom. The lowest BCUT2D eigenvalue weighted by Crippen LogP contribution is -2.45. The number of benzene rings is 2. The number of para-hydroxylation sites is 1. The van der Waals surface area contributed by atoms with Gasteiger partial charge in [-0.05, 0) is 17.7 Å². The molecule has 2 aromatic rings. The first kappa shape index (κ1) is 14.5. The molecule has 0 bridgehead atoms. The Morgan fingerprint density at radius 1 is 0.857 bits per heavy atom. The zero-order valence-electron chi connectivity index (χ0n) is 11.1. The van der Waals surface area contributed by atoms with Crippen molar-refractivity contribution in [2.75, 3.05) is 5.32 Å². The third kappa shape index (κ3) is 4.32. The minimum atomic E-state index is -1.34. The SMILES string of the molecule is O=C(NNC(=O)C(O)c1ccccc1)Nc1ccccc1. The Balaban J connectivity index is 1.82. The summed E-state index contributed by atoms with van der Waals surface area (Å²) in [5.74, 6) is -0.718. The predicted octanol–water partition coefficient (Wildman–Crippen LogP) is 1.57. The monoisotopic (exact) mass is 285 g/mol. The minimum Gasteiger partial charge on any atom is -0.378 e. The summed E-state index contributed by atoms with van der Waals surface area (Å²) in [5, 5.41) is 12.3. The van der Waals surface area contributed by atoms with Gasteiger partial charge in [0.25, 0.3) is 5.91 Å². The molecule has 1 unspecified atom stereocenters. The first-order valence-corrected chi connectivity index (χ1v) is 6.32. The number of nitrogens with one attached hydrogen (secondary N) is 3. The number of hydrazine groups is 1. The van der Waals surface area contributed by atoms with E-state index in [2.05, 4.69) is 16.2 Å². The van der Waals surface area contributed by atoms with E-state index in [1.165, 1.54) is 0 Å². The van der Waals surface area contributed by atoms with Crippen LogP contribution >= 0.6 is 0 Å². The fraction of sp³-hybridized carbons (Fsp3) is 0.0667. The molecule has 2 rings (SSSR count). The summed E-state index contributed by atoms with van der Waals surface area (Å²) in [6, 6.07) is 16.6. The third-order valence-corrected chi connectivity index (χ3v) is 2.69. The van der Waals surface area contributed by atoms with Crippen LogP contribution in [0.4, 0.5) is 10.5 Å². The molecule has 3 amide bonds. The van der Waals surface area contributed by atoms with E-state index in [0.717, 1.165) is 0 Å². The van der Waals surface area contributed by atoms with Gasteiger partial charge in [0.15, 0.2) is 6.10 Å². The molecule has 1 atom stereocenters. The summed E-state index contributed by atoms with van der Waals surface area (Å²) in [7, 11) is 0. The van der Waals surface area contributed by atoms with E-state index in [1.54, 1.807) is 54.6 Å². The molecule has 6 heteroatoms. The van der Waals surface area contributed by atoms with Crippen LogP contribution in [0, 0.1) is 0 Å². The highest BCUT2D eigenvalue weighted by Gasteiger charge is 2.17. The van der Waals surface area contributed by atoms with Gasteiger partial charge in [0.2, 0.25) is 0 Å². The molecule has 0 heterocycles. The lowest BCUT2D eigenvalue weighted by atomic mass is 10.1. The van der Waals surface area contributed by atoms with E-state index in [9.17, 15) is 14.7 Å². The molecule has 0 saturated heterocycles.